The Hall–Kier alpha value is -1.40. The van der Waals surface area contributed by atoms with E-state index in [9.17, 15) is 13.2 Å². The number of carbonyl (C=O) groups is 1. The van der Waals surface area contributed by atoms with Crippen molar-refractivity contribution in [1.29, 1.82) is 0 Å². The van der Waals surface area contributed by atoms with Crippen LogP contribution in [-0.4, -0.2) is 36.1 Å². The minimum absolute atomic E-state index is 0.188. The second-order valence-electron chi connectivity index (χ2n) is 4.35. The molecule has 0 amide bonds. The lowest BCUT2D eigenvalue weighted by Gasteiger charge is -2.19. The molecule has 1 aromatic rings. The molecule has 0 aliphatic heterocycles. The van der Waals surface area contributed by atoms with E-state index in [1.807, 2.05) is 0 Å². The van der Waals surface area contributed by atoms with Crippen molar-refractivity contribution in [3.8, 4) is 0 Å². The summed E-state index contributed by atoms with van der Waals surface area (Å²) in [5, 5.41) is 8.28. The van der Waals surface area contributed by atoms with Crippen LogP contribution < -0.4 is 0 Å². The summed E-state index contributed by atoms with van der Waals surface area (Å²) >= 11 is 0. The molecule has 0 heterocycles. The molecule has 0 aromatic heterocycles. The third kappa shape index (κ3) is 3.30. The molecule has 0 radical (unpaired) electrons. The number of nitrogens with zero attached hydrogens (tertiary/aromatic N) is 1. The Balaban J connectivity index is 2.83. The molecule has 0 fully saturated rings. The van der Waals surface area contributed by atoms with E-state index >= 15 is 0 Å². The molecule has 0 spiro atoms. The first-order valence-corrected chi connectivity index (χ1v) is 7.03. The van der Waals surface area contributed by atoms with Crippen molar-refractivity contribution in [2.24, 2.45) is 0 Å². The van der Waals surface area contributed by atoms with Gasteiger partial charge < -0.3 is 5.11 Å². The summed E-state index contributed by atoms with van der Waals surface area (Å²) in [5.41, 5.74) is 0.944. The number of carboxylic acid groups (broad SMARTS) is 1. The summed E-state index contributed by atoms with van der Waals surface area (Å²) in [5.74, 6) is -0.996. The maximum absolute atomic E-state index is 11.8. The van der Waals surface area contributed by atoms with Gasteiger partial charge in [0.15, 0.2) is 0 Å². The standard InChI is InChI=1S/C12H17NO4S/c1-9(2)18(16,17)13(3)8-10-4-6-11(7-5-10)12(14)15/h4-7,9H,8H2,1-3H3,(H,14,15). The van der Waals surface area contributed by atoms with Crippen LogP contribution in [-0.2, 0) is 16.6 Å². The van der Waals surface area contributed by atoms with E-state index < -0.39 is 21.2 Å². The SMILES string of the molecule is CC(C)S(=O)(=O)N(C)Cc1ccc(C(=O)O)cc1. The lowest BCUT2D eigenvalue weighted by atomic mass is 10.1. The number of hydrogen-bond acceptors (Lipinski definition) is 3. The molecule has 0 saturated heterocycles. The zero-order chi connectivity index (χ0) is 13.9. The van der Waals surface area contributed by atoms with Gasteiger partial charge in [0, 0.05) is 13.6 Å². The largest absolute Gasteiger partial charge is 0.478 e. The van der Waals surface area contributed by atoms with E-state index in [2.05, 4.69) is 0 Å². The van der Waals surface area contributed by atoms with Crippen LogP contribution in [0.25, 0.3) is 0 Å². The molecule has 0 saturated carbocycles. The van der Waals surface area contributed by atoms with Gasteiger partial charge in [-0.2, -0.15) is 0 Å². The van der Waals surface area contributed by atoms with Gasteiger partial charge in [0.25, 0.3) is 0 Å². The van der Waals surface area contributed by atoms with Crippen LogP contribution in [0, 0.1) is 0 Å². The quantitative estimate of drug-likeness (QED) is 0.881. The highest BCUT2D eigenvalue weighted by atomic mass is 32.2. The van der Waals surface area contributed by atoms with E-state index in [1.54, 1.807) is 26.0 Å². The average molecular weight is 271 g/mol. The highest BCUT2D eigenvalue weighted by Gasteiger charge is 2.22. The molecule has 1 aromatic carbocycles. The second kappa shape index (κ2) is 5.49. The van der Waals surface area contributed by atoms with Crippen molar-refractivity contribution in [1.82, 2.24) is 4.31 Å². The van der Waals surface area contributed by atoms with Gasteiger partial charge in [-0.25, -0.2) is 17.5 Å². The molecular formula is C12H17NO4S. The van der Waals surface area contributed by atoms with Crippen molar-refractivity contribution in [2.75, 3.05) is 7.05 Å². The van der Waals surface area contributed by atoms with Crippen LogP contribution in [0.3, 0.4) is 0 Å². The summed E-state index contributed by atoms with van der Waals surface area (Å²) in [4.78, 5) is 10.7. The monoisotopic (exact) mass is 271 g/mol. The van der Waals surface area contributed by atoms with Gasteiger partial charge in [-0.15, -0.1) is 0 Å². The Labute approximate surface area is 107 Å². The molecule has 1 N–H and O–H groups in total. The van der Waals surface area contributed by atoms with Gasteiger partial charge in [0.05, 0.1) is 10.8 Å². The first-order chi connectivity index (χ1) is 8.25. The van der Waals surface area contributed by atoms with Crippen molar-refractivity contribution < 1.29 is 18.3 Å². The molecule has 1 rings (SSSR count). The number of carboxylic acids is 1. The van der Waals surface area contributed by atoms with Crippen LogP contribution in [0.4, 0.5) is 0 Å². The average Bonchev–Trinajstić information content (AvgIpc) is 2.29. The fourth-order valence-electron chi connectivity index (χ4n) is 1.46. The lowest BCUT2D eigenvalue weighted by Crippen LogP contribution is -2.32. The predicted octanol–water partition coefficient (Wildman–Crippen LogP) is 1.55. The predicted molar refractivity (Wildman–Crippen MR) is 68.9 cm³/mol. The highest BCUT2D eigenvalue weighted by molar-refractivity contribution is 7.89. The summed E-state index contributed by atoms with van der Waals surface area (Å²) in [6.45, 7) is 3.49. The van der Waals surface area contributed by atoms with E-state index in [0.29, 0.717) is 0 Å². The van der Waals surface area contributed by atoms with Gasteiger partial charge in [0.2, 0.25) is 10.0 Å². The van der Waals surface area contributed by atoms with Crippen LogP contribution in [0.15, 0.2) is 24.3 Å². The Bertz CT molecular complexity index is 520. The Kier molecular flexibility index (Phi) is 4.48. The maximum atomic E-state index is 11.8. The zero-order valence-electron chi connectivity index (χ0n) is 10.6. The number of aromatic carboxylic acids is 1. The molecular weight excluding hydrogens is 254 g/mol. The minimum atomic E-state index is -3.28. The molecule has 0 aliphatic carbocycles. The molecule has 0 aliphatic rings. The summed E-state index contributed by atoms with van der Waals surface area (Å²) < 4.78 is 25.0. The second-order valence-corrected chi connectivity index (χ2v) is 6.95. The van der Waals surface area contributed by atoms with Gasteiger partial charge in [0.1, 0.15) is 0 Å². The highest BCUT2D eigenvalue weighted by Crippen LogP contribution is 2.12. The van der Waals surface area contributed by atoms with Crippen molar-refractivity contribution in [3.63, 3.8) is 0 Å². The summed E-state index contributed by atoms with van der Waals surface area (Å²) in [6.07, 6.45) is 0. The third-order valence-electron chi connectivity index (χ3n) is 2.64. The van der Waals surface area contributed by atoms with E-state index in [1.165, 1.54) is 23.5 Å². The fourth-order valence-corrected chi connectivity index (χ4v) is 2.51. The van der Waals surface area contributed by atoms with Crippen LogP contribution in [0.2, 0.25) is 0 Å². The Morgan fingerprint density at radius 3 is 2.17 bits per heavy atom. The third-order valence-corrected chi connectivity index (χ3v) is 4.83. The topological polar surface area (TPSA) is 74.7 Å². The number of sulfonamides is 1. The van der Waals surface area contributed by atoms with Gasteiger partial charge >= 0.3 is 5.97 Å². The van der Waals surface area contributed by atoms with Crippen LogP contribution in [0.1, 0.15) is 29.8 Å². The lowest BCUT2D eigenvalue weighted by molar-refractivity contribution is 0.0697. The molecule has 6 heteroatoms. The molecule has 0 bridgehead atoms. The van der Waals surface area contributed by atoms with Crippen molar-refractivity contribution in [2.45, 2.75) is 25.6 Å². The first-order valence-electron chi connectivity index (χ1n) is 5.52. The molecule has 0 atom stereocenters. The Morgan fingerprint density at radius 1 is 1.28 bits per heavy atom. The van der Waals surface area contributed by atoms with E-state index in [-0.39, 0.29) is 12.1 Å². The van der Waals surface area contributed by atoms with Crippen molar-refractivity contribution >= 4 is 16.0 Å². The maximum Gasteiger partial charge on any atom is 0.335 e. The molecule has 0 unspecified atom stereocenters. The number of rotatable bonds is 5. The fraction of sp³-hybridized carbons (Fsp3) is 0.417. The van der Waals surface area contributed by atoms with E-state index in [4.69, 9.17) is 5.11 Å². The van der Waals surface area contributed by atoms with Gasteiger partial charge in [-0.3, -0.25) is 0 Å². The van der Waals surface area contributed by atoms with Gasteiger partial charge in [-0.1, -0.05) is 12.1 Å². The molecule has 5 nitrogen and oxygen atoms in total. The normalized spacial score (nSPS) is 12.1. The van der Waals surface area contributed by atoms with Crippen LogP contribution in [0.5, 0.6) is 0 Å². The number of benzene rings is 1. The Morgan fingerprint density at radius 2 is 1.78 bits per heavy atom. The van der Waals surface area contributed by atoms with Gasteiger partial charge in [-0.05, 0) is 31.5 Å². The van der Waals surface area contributed by atoms with Crippen LogP contribution >= 0.6 is 0 Å². The van der Waals surface area contributed by atoms with Crippen molar-refractivity contribution in [3.05, 3.63) is 35.4 Å². The number of hydrogen-bond donors (Lipinski definition) is 1. The molecule has 18 heavy (non-hydrogen) atoms. The first kappa shape index (κ1) is 14.7. The smallest absolute Gasteiger partial charge is 0.335 e. The summed E-state index contributed by atoms with van der Waals surface area (Å²) in [7, 11) is -1.77. The summed E-state index contributed by atoms with van der Waals surface area (Å²) in [6, 6.07) is 6.17. The minimum Gasteiger partial charge on any atom is -0.478 e. The van der Waals surface area contributed by atoms with E-state index in [0.717, 1.165) is 5.56 Å². The zero-order valence-corrected chi connectivity index (χ0v) is 11.4. The molecule has 100 valence electrons.